The summed E-state index contributed by atoms with van der Waals surface area (Å²) in [5.41, 5.74) is 0.202. The maximum absolute atomic E-state index is 11.4. The molecular weight excluding hydrogens is 160 g/mol. The minimum absolute atomic E-state index is 0.202. The second kappa shape index (κ2) is 3.28. The van der Waals surface area contributed by atoms with Crippen molar-refractivity contribution in [2.45, 2.75) is 44.9 Å². The number of carbonyl (C=O) groups excluding carboxylic acids is 1. The minimum atomic E-state index is 0.202. The van der Waals surface area contributed by atoms with Crippen LogP contribution in [0.15, 0.2) is 12.7 Å². The van der Waals surface area contributed by atoms with Crippen molar-refractivity contribution in [3.05, 3.63) is 12.7 Å². The van der Waals surface area contributed by atoms with Crippen molar-refractivity contribution in [2.24, 2.45) is 11.3 Å². The van der Waals surface area contributed by atoms with E-state index in [0.29, 0.717) is 5.78 Å². The van der Waals surface area contributed by atoms with Gasteiger partial charge in [0.2, 0.25) is 0 Å². The van der Waals surface area contributed by atoms with Crippen molar-refractivity contribution in [3.63, 3.8) is 0 Å². The molecular formula is C12H18O. The van der Waals surface area contributed by atoms with Gasteiger partial charge in [-0.05, 0) is 30.6 Å². The van der Waals surface area contributed by atoms with Gasteiger partial charge in [0.15, 0.2) is 0 Å². The van der Waals surface area contributed by atoms with Crippen LogP contribution in [0.1, 0.15) is 44.9 Å². The van der Waals surface area contributed by atoms with Crippen molar-refractivity contribution in [2.75, 3.05) is 0 Å². The fourth-order valence-electron chi connectivity index (χ4n) is 3.13. The van der Waals surface area contributed by atoms with Crippen molar-refractivity contribution >= 4 is 5.78 Å². The van der Waals surface area contributed by atoms with Gasteiger partial charge in [-0.1, -0.05) is 18.9 Å². The van der Waals surface area contributed by atoms with E-state index >= 15 is 0 Å². The number of rotatable bonds is 1. The first-order chi connectivity index (χ1) is 6.27. The summed E-state index contributed by atoms with van der Waals surface area (Å²) in [4.78, 5) is 11.4. The fraction of sp³-hybridized carbons (Fsp3) is 0.750. The van der Waals surface area contributed by atoms with E-state index in [1.54, 1.807) is 0 Å². The fourth-order valence-corrected chi connectivity index (χ4v) is 3.13. The first kappa shape index (κ1) is 8.98. The number of fused-ring (bicyclic) bond motifs is 1. The summed E-state index contributed by atoms with van der Waals surface area (Å²) in [6, 6.07) is 0. The molecule has 2 saturated carbocycles. The third kappa shape index (κ3) is 1.45. The van der Waals surface area contributed by atoms with Gasteiger partial charge >= 0.3 is 0 Å². The van der Waals surface area contributed by atoms with Crippen LogP contribution >= 0.6 is 0 Å². The second-order valence-electron chi connectivity index (χ2n) is 4.63. The molecule has 2 unspecified atom stereocenters. The number of hydrogen-bond donors (Lipinski definition) is 0. The van der Waals surface area contributed by atoms with Gasteiger partial charge in [-0.2, -0.15) is 0 Å². The lowest BCUT2D eigenvalue weighted by Gasteiger charge is -2.44. The Labute approximate surface area is 80.2 Å². The molecule has 0 aromatic heterocycles. The first-order valence-electron chi connectivity index (χ1n) is 5.42. The highest BCUT2D eigenvalue weighted by Crippen LogP contribution is 2.50. The Morgan fingerprint density at radius 1 is 1.38 bits per heavy atom. The predicted molar refractivity (Wildman–Crippen MR) is 53.4 cm³/mol. The first-order valence-corrected chi connectivity index (χ1v) is 5.42. The molecule has 0 radical (unpaired) electrons. The topological polar surface area (TPSA) is 17.1 Å². The van der Waals surface area contributed by atoms with Crippen molar-refractivity contribution in [3.8, 4) is 0 Å². The van der Waals surface area contributed by atoms with E-state index in [4.69, 9.17) is 0 Å². The lowest BCUT2D eigenvalue weighted by Crippen LogP contribution is -2.38. The molecule has 1 nitrogen and oxygen atoms in total. The van der Waals surface area contributed by atoms with Gasteiger partial charge in [0, 0.05) is 12.8 Å². The van der Waals surface area contributed by atoms with Gasteiger partial charge in [-0.15, -0.1) is 6.58 Å². The summed E-state index contributed by atoms with van der Waals surface area (Å²) in [5.74, 6) is 1.22. The van der Waals surface area contributed by atoms with E-state index in [0.717, 1.165) is 25.2 Å². The number of allylic oxidation sites excluding steroid dienone is 1. The number of hydrogen-bond acceptors (Lipinski definition) is 1. The molecule has 2 atom stereocenters. The Balaban J connectivity index is 2.21. The van der Waals surface area contributed by atoms with Gasteiger partial charge in [-0.25, -0.2) is 0 Å². The van der Waals surface area contributed by atoms with E-state index in [1.165, 1.54) is 25.7 Å². The maximum atomic E-state index is 11.4. The molecule has 0 amide bonds. The average Bonchev–Trinajstić information content (AvgIpc) is 2.17. The molecule has 0 bridgehead atoms. The average molecular weight is 178 g/mol. The zero-order chi connectivity index (χ0) is 9.31. The zero-order valence-electron chi connectivity index (χ0n) is 8.22. The van der Waals surface area contributed by atoms with E-state index in [-0.39, 0.29) is 5.41 Å². The van der Waals surface area contributed by atoms with Crippen molar-refractivity contribution in [1.29, 1.82) is 0 Å². The highest BCUT2D eigenvalue weighted by atomic mass is 16.1. The number of ketones is 1. The maximum Gasteiger partial charge on any atom is 0.133 e. The summed E-state index contributed by atoms with van der Waals surface area (Å²) in [5, 5.41) is 0. The molecule has 1 heteroatoms. The molecule has 0 heterocycles. The highest BCUT2D eigenvalue weighted by molar-refractivity contribution is 5.80. The number of carbonyl (C=O) groups is 1. The van der Waals surface area contributed by atoms with Crippen LogP contribution in [0.25, 0.3) is 0 Å². The third-order valence-electron chi connectivity index (χ3n) is 3.96. The Kier molecular flexibility index (Phi) is 2.27. The van der Waals surface area contributed by atoms with Crippen LogP contribution in [-0.4, -0.2) is 5.78 Å². The molecule has 0 aromatic carbocycles. The van der Waals surface area contributed by atoms with Gasteiger partial charge in [0.1, 0.15) is 5.78 Å². The standard InChI is InChI=1S/C12H18O/c1-2-12-8-4-3-5-10(12)6-7-11(13)9-12/h2,10H,1,3-9H2. The predicted octanol–water partition coefficient (Wildman–Crippen LogP) is 3.10. The van der Waals surface area contributed by atoms with Crippen molar-refractivity contribution < 1.29 is 4.79 Å². The minimum Gasteiger partial charge on any atom is -0.300 e. The summed E-state index contributed by atoms with van der Waals surface area (Å²) in [6.45, 7) is 3.94. The molecule has 2 aliphatic rings. The summed E-state index contributed by atoms with van der Waals surface area (Å²) >= 11 is 0. The Bertz CT molecular complexity index is 231. The Morgan fingerprint density at radius 3 is 3.00 bits per heavy atom. The Hall–Kier alpha value is -0.590. The van der Waals surface area contributed by atoms with Crippen LogP contribution in [0.2, 0.25) is 0 Å². The molecule has 0 saturated heterocycles. The highest BCUT2D eigenvalue weighted by Gasteiger charge is 2.42. The van der Waals surface area contributed by atoms with Crippen LogP contribution < -0.4 is 0 Å². The largest absolute Gasteiger partial charge is 0.300 e. The lowest BCUT2D eigenvalue weighted by molar-refractivity contribution is -0.125. The van der Waals surface area contributed by atoms with Gasteiger partial charge in [0.25, 0.3) is 0 Å². The van der Waals surface area contributed by atoms with E-state index in [2.05, 4.69) is 12.7 Å². The van der Waals surface area contributed by atoms with E-state index in [9.17, 15) is 4.79 Å². The summed E-state index contributed by atoms with van der Waals surface area (Å²) in [7, 11) is 0. The smallest absolute Gasteiger partial charge is 0.133 e. The molecule has 0 aliphatic heterocycles. The van der Waals surface area contributed by atoms with Crippen LogP contribution in [-0.2, 0) is 4.79 Å². The monoisotopic (exact) mass is 178 g/mol. The molecule has 0 aromatic rings. The molecule has 2 fully saturated rings. The number of Topliss-reactive ketones (excluding diaryl/α,β-unsaturated/α-hetero) is 1. The second-order valence-corrected chi connectivity index (χ2v) is 4.63. The molecule has 2 rings (SSSR count). The van der Waals surface area contributed by atoms with Gasteiger partial charge in [-0.3, -0.25) is 4.79 Å². The van der Waals surface area contributed by atoms with E-state index in [1.807, 2.05) is 0 Å². The van der Waals surface area contributed by atoms with Crippen molar-refractivity contribution in [1.82, 2.24) is 0 Å². The summed E-state index contributed by atoms with van der Waals surface area (Å²) < 4.78 is 0. The Morgan fingerprint density at radius 2 is 2.23 bits per heavy atom. The lowest BCUT2D eigenvalue weighted by atomic mass is 9.59. The zero-order valence-corrected chi connectivity index (χ0v) is 8.22. The summed E-state index contributed by atoms with van der Waals surface area (Å²) in [6.07, 6.45) is 9.95. The van der Waals surface area contributed by atoms with Crippen LogP contribution in [0, 0.1) is 11.3 Å². The van der Waals surface area contributed by atoms with Crippen LogP contribution in [0.3, 0.4) is 0 Å². The van der Waals surface area contributed by atoms with E-state index < -0.39 is 0 Å². The molecule has 0 N–H and O–H groups in total. The quantitative estimate of drug-likeness (QED) is 0.564. The van der Waals surface area contributed by atoms with Crippen LogP contribution in [0.5, 0.6) is 0 Å². The van der Waals surface area contributed by atoms with Gasteiger partial charge in [0.05, 0.1) is 0 Å². The normalized spacial score (nSPS) is 39.7. The molecule has 0 spiro atoms. The van der Waals surface area contributed by atoms with Crippen LogP contribution in [0.4, 0.5) is 0 Å². The third-order valence-corrected chi connectivity index (χ3v) is 3.96. The molecule has 2 aliphatic carbocycles. The molecule has 13 heavy (non-hydrogen) atoms. The SMILES string of the molecule is C=CC12CCCCC1CCC(=O)C2. The van der Waals surface area contributed by atoms with Gasteiger partial charge < -0.3 is 0 Å². The molecule has 72 valence electrons.